The van der Waals surface area contributed by atoms with Crippen molar-refractivity contribution in [1.82, 2.24) is 9.97 Å². The molecule has 0 aliphatic heterocycles. The van der Waals surface area contributed by atoms with Gasteiger partial charge in [0.2, 0.25) is 0 Å². The maximum absolute atomic E-state index is 12.6. The molecule has 1 heterocycles. The molecular weight excluding hydrogens is 368 g/mol. The number of nitrogens with one attached hydrogen (secondary N) is 2. The molecule has 0 saturated carbocycles. The number of aromatic nitrogens is 2. The number of aryl methyl sites for hydroxylation is 1. The minimum Gasteiger partial charge on any atom is -0.465 e. The van der Waals surface area contributed by atoms with Gasteiger partial charge in [-0.05, 0) is 57.2 Å². The van der Waals surface area contributed by atoms with Crippen LogP contribution in [-0.4, -0.2) is 35.5 Å². The second kappa shape index (κ2) is 9.82. The Bertz CT molecular complexity index is 924. The predicted molar refractivity (Wildman–Crippen MR) is 112 cm³/mol. The molecule has 2 aromatic rings. The summed E-state index contributed by atoms with van der Waals surface area (Å²) >= 11 is 0. The van der Waals surface area contributed by atoms with Crippen LogP contribution in [0.2, 0.25) is 0 Å². The third-order valence-corrected chi connectivity index (χ3v) is 4.75. The van der Waals surface area contributed by atoms with Crippen LogP contribution in [0.5, 0.6) is 0 Å². The van der Waals surface area contributed by atoms with E-state index in [1.165, 1.54) is 38.4 Å². The molecule has 0 spiro atoms. The molecule has 1 aliphatic rings. The highest BCUT2D eigenvalue weighted by molar-refractivity contribution is 6.04. The lowest BCUT2D eigenvalue weighted by atomic mass is 9.97. The molecular formula is C22H26N4O3. The fourth-order valence-corrected chi connectivity index (χ4v) is 3.29. The highest BCUT2D eigenvalue weighted by Gasteiger charge is 2.13. The van der Waals surface area contributed by atoms with E-state index in [1.807, 2.05) is 0 Å². The molecule has 1 aromatic carbocycles. The van der Waals surface area contributed by atoms with Gasteiger partial charge in [0, 0.05) is 18.3 Å². The molecule has 0 bridgehead atoms. The number of hydrogen-bond acceptors (Lipinski definition) is 6. The highest BCUT2D eigenvalue weighted by Crippen LogP contribution is 2.20. The van der Waals surface area contributed by atoms with Gasteiger partial charge < -0.3 is 15.4 Å². The van der Waals surface area contributed by atoms with Crippen molar-refractivity contribution >= 4 is 23.4 Å². The van der Waals surface area contributed by atoms with Gasteiger partial charge >= 0.3 is 5.97 Å². The van der Waals surface area contributed by atoms with Gasteiger partial charge in [-0.1, -0.05) is 17.7 Å². The molecule has 7 nitrogen and oxygen atoms in total. The van der Waals surface area contributed by atoms with Crippen molar-refractivity contribution in [3.8, 4) is 0 Å². The minimum absolute atomic E-state index is 0.264. The van der Waals surface area contributed by atoms with E-state index in [0.29, 0.717) is 22.9 Å². The van der Waals surface area contributed by atoms with Gasteiger partial charge in [-0.25, -0.2) is 14.8 Å². The first-order chi connectivity index (χ1) is 14.0. The fraction of sp³-hybridized carbons (Fsp3) is 0.364. The standard InChI is InChI=1S/C22H26N4O3/c1-15-24-19(14-20(25-15)23-12-11-16-7-4-3-5-8-16)21(27)26-18-10-6-9-17(13-18)22(28)29-2/h6-7,9-10,13-14H,3-5,8,11-12H2,1-2H3,(H,26,27)(H,23,24,25). The topological polar surface area (TPSA) is 93.2 Å². The van der Waals surface area contributed by atoms with Gasteiger partial charge in [-0.3, -0.25) is 4.79 Å². The fourth-order valence-electron chi connectivity index (χ4n) is 3.29. The second-order valence-corrected chi connectivity index (χ2v) is 7.00. The van der Waals surface area contributed by atoms with Crippen molar-refractivity contribution in [3.05, 3.63) is 59.1 Å². The predicted octanol–water partition coefficient (Wildman–Crippen LogP) is 4.13. The van der Waals surface area contributed by atoms with Gasteiger partial charge in [0.1, 0.15) is 17.3 Å². The zero-order chi connectivity index (χ0) is 20.6. The van der Waals surface area contributed by atoms with Crippen molar-refractivity contribution in [1.29, 1.82) is 0 Å². The third-order valence-electron chi connectivity index (χ3n) is 4.75. The number of nitrogens with zero attached hydrogens (tertiary/aromatic N) is 2. The van der Waals surface area contributed by atoms with E-state index < -0.39 is 5.97 Å². The van der Waals surface area contributed by atoms with Crippen molar-refractivity contribution < 1.29 is 14.3 Å². The van der Waals surface area contributed by atoms with E-state index in [0.717, 1.165) is 13.0 Å². The number of rotatable bonds is 7. The number of anilines is 2. The van der Waals surface area contributed by atoms with Crippen LogP contribution in [0, 0.1) is 6.92 Å². The molecule has 0 unspecified atom stereocenters. The van der Waals surface area contributed by atoms with Crippen LogP contribution in [0.15, 0.2) is 42.0 Å². The number of amides is 1. The molecule has 1 aliphatic carbocycles. The van der Waals surface area contributed by atoms with Crippen LogP contribution in [0.3, 0.4) is 0 Å². The number of carbonyl (C=O) groups is 2. The van der Waals surface area contributed by atoms with Crippen LogP contribution in [-0.2, 0) is 4.74 Å². The van der Waals surface area contributed by atoms with E-state index in [2.05, 4.69) is 26.7 Å². The van der Waals surface area contributed by atoms with Crippen LogP contribution in [0.4, 0.5) is 11.5 Å². The molecule has 29 heavy (non-hydrogen) atoms. The molecule has 0 fully saturated rings. The molecule has 0 atom stereocenters. The zero-order valence-electron chi connectivity index (χ0n) is 16.8. The first-order valence-electron chi connectivity index (χ1n) is 9.82. The molecule has 2 N–H and O–H groups in total. The molecule has 7 heteroatoms. The Kier molecular flexibility index (Phi) is 6.94. The smallest absolute Gasteiger partial charge is 0.337 e. The molecule has 1 amide bonds. The van der Waals surface area contributed by atoms with E-state index in [-0.39, 0.29) is 11.6 Å². The number of allylic oxidation sites excluding steroid dienone is 1. The Morgan fingerprint density at radius 2 is 2.03 bits per heavy atom. The molecule has 152 valence electrons. The summed E-state index contributed by atoms with van der Waals surface area (Å²) in [7, 11) is 1.32. The Morgan fingerprint density at radius 3 is 2.79 bits per heavy atom. The monoisotopic (exact) mass is 394 g/mol. The largest absolute Gasteiger partial charge is 0.465 e. The highest BCUT2D eigenvalue weighted by atomic mass is 16.5. The molecule has 0 radical (unpaired) electrons. The Hall–Kier alpha value is -3.22. The van der Waals surface area contributed by atoms with Crippen LogP contribution >= 0.6 is 0 Å². The number of benzene rings is 1. The Labute approximate surface area is 170 Å². The Balaban J connectivity index is 1.64. The maximum atomic E-state index is 12.6. The lowest BCUT2D eigenvalue weighted by Gasteiger charge is -2.13. The van der Waals surface area contributed by atoms with Crippen LogP contribution in [0.25, 0.3) is 0 Å². The average molecular weight is 394 g/mol. The summed E-state index contributed by atoms with van der Waals surface area (Å²) in [6.45, 7) is 2.52. The number of carbonyl (C=O) groups excluding carboxylic acids is 2. The summed E-state index contributed by atoms with van der Waals surface area (Å²) in [6.07, 6.45) is 8.19. The molecule has 3 rings (SSSR count). The van der Waals surface area contributed by atoms with Gasteiger partial charge in [-0.2, -0.15) is 0 Å². The molecule has 0 saturated heterocycles. The number of methoxy groups -OCH3 is 1. The normalized spacial score (nSPS) is 13.4. The summed E-state index contributed by atoms with van der Waals surface area (Å²) in [6, 6.07) is 8.21. The number of ether oxygens (including phenoxy) is 1. The summed E-state index contributed by atoms with van der Waals surface area (Å²) < 4.78 is 4.71. The summed E-state index contributed by atoms with van der Waals surface area (Å²) in [4.78, 5) is 32.9. The van der Waals surface area contributed by atoms with E-state index in [9.17, 15) is 9.59 Å². The summed E-state index contributed by atoms with van der Waals surface area (Å²) in [5.74, 6) is 0.316. The van der Waals surface area contributed by atoms with Gasteiger partial charge in [0.25, 0.3) is 5.91 Å². The van der Waals surface area contributed by atoms with E-state index in [1.54, 1.807) is 37.3 Å². The van der Waals surface area contributed by atoms with Crippen LogP contribution < -0.4 is 10.6 Å². The quantitative estimate of drug-likeness (QED) is 0.542. The first-order valence-corrected chi connectivity index (χ1v) is 9.82. The lowest BCUT2D eigenvalue weighted by Crippen LogP contribution is -2.16. The average Bonchev–Trinajstić information content (AvgIpc) is 2.73. The second-order valence-electron chi connectivity index (χ2n) is 7.00. The third kappa shape index (κ3) is 5.88. The first kappa shape index (κ1) is 20.5. The van der Waals surface area contributed by atoms with Gasteiger partial charge in [0.05, 0.1) is 12.7 Å². The lowest BCUT2D eigenvalue weighted by molar-refractivity contribution is 0.0600. The minimum atomic E-state index is -0.460. The van der Waals surface area contributed by atoms with E-state index in [4.69, 9.17) is 4.74 Å². The summed E-state index contributed by atoms with van der Waals surface area (Å²) in [5, 5.41) is 6.06. The molecule has 1 aromatic heterocycles. The number of esters is 1. The van der Waals surface area contributed by atoms with Crippen molar-refractivity contribution in [2.24, 2.45) is 0 Å². The van der Waals surface area contributed by atoms with Crippen molar-refractivity contribution in [2.75, 3.05) is 24.3 Å². The SMILES string of the molecule is COC(=O)c1cccc(NC(=O)c2cc(NCCC3=CCCCC3)nc(C)n2)c1. The summed E-state index contributed by atoms with van der Waals surface area (Å²) in [5.41, 5.74) is 2.61. The van der Waals surface area contributed by atoms with Crippen LogP contribution in [0.1, 0.15) is 58.8 Å². The Morgan fingerprint density at radius 1 is 1.17 bits per heavy atom. The van der Waals surface area contributed by atoms with Gasteiger partial charge in [0.15, 0.2) is 0 Å². The maximum Gasteiger partial charge on any atom is 0.337 e. The number of hydrogen-bond donors (Lipinski definition) is 2. The van der Waals surface area contributed by atoms with E-state index >= 15 is 0 Å². The zero-order valence-corrected chi connectivity index (χ0v) is 16.8. The van der Waals surface area contributed by atoms with Crippen molar-refractivity contribution in [3.63, 3.8) is 0 Å². The van der Waals surface area contributed by atoms with Gasteiger partial charge in [-0.15, -0.1) is 0 Å². The van der Waals surface area contributed by atoms with Crippen molar-refractivity contribution in [2.45, 2.75) is 39.0 Å².